The number of carboxylic acid groups (broad SMARTS) is 1. The molecule has 1 saturated carbocycles. The van der Waals surface area contributed by atoms with Crippen molar-refractivity contribution >= 4 is 18.0 Å². The van der Waals surface area contributed by atoms with Crippen LogP contribution in [-0.4, -0.2) is 42.3 Å². The number of carbonyl (C=O) groups excluding carboxylic acids is 2. The largest absolute Gasteiger partial charge is 0.480 e. The van der Waals surface area contributed by atoms with Crippen LogP contribution in [0, 0.1) is 23.7 Å². The van der Waals surface area contributed by atoms with Gasteiger partial charge in [-0.1, -0.05) is 55.0 Å². The second-order valence-corrected chi connectivity index (χ2v) is 9.03. The Hall–Kier alpha value is -3.79. The van der Waals surface area contributed by atoms with Crippen molar-refractivity contribution in [3.63, 3.8) is 0 Å². The number of hydrogen-bond donors (Lipinski definition) is 3. The van der Waals surface area contributed by atoms with Crippen molar-refractivity contribution in [1.82, 2.24) is 10.6 Å². The van der Waals surface area contributed by atoms with E-state index in [1.807, 2.05) is 24.3 Å². The van der Waals surface area contributed by atoms with Crippen molar-refractivity contribution in [3.05, 3.63) is 59.7 Å². The number of nitrogens with one attached hydrogen (secondary N) is 2. The topological polar surface area (TPSA) is 105 Å². The van der Waals surface area contributed by atoms with Gasteiger partial charge in [0, 0.05) is 24.8 Å². The third kappa shape index (κ3) is 5.48. The maximum Gasteiger partial charge on any atom is 0.407 e. The molecule has 4 rings (SSSR count). The molecule has 0 radical (unpaired) electrons. The number of amides is 2. The van der Waals surface area contributed by atoms with Crippen LogP contribution in [-0.2, 0) is 14.3 Å². The van der Waals surface area contributed by atoms with Crippen LogP contribution < -0.4 is 10.6 Å². The minimum absolute atomic E-state index is 0.0164. The summed E-state index contributed by atoms with van der Waals surface area (Å²) in [5.41, 5.74) is 4.63. The zero-order chi connectivity index (χ0) is 24.8. The lowest BCUT2D eigenvalue weighted by Crippen LogP contribution is -2.45. The molecular formula is C28H30N2O5. The summed E-state index contributed by atoms with van der Waals surface area (Å²) in [5, 5.41) is 14.8. The smallest absolute Gasteiger partial charge is 0.407 e. The number of aliphatic carboxylic acids is 1. The summed E-state index contributed by atoms with van der Waals surface area (Å²) in [7, 11) is 0. The Morgan fingerprint density at radius 1 is 1.06 bits per heavy atom. The molecule has 0 heterocycles. The highest BCUT2D eigenvalue weighted by atomic mass is 16.5. The zero-order valence-corrected chi connectivity index (χ0v) is 19.8. The second kappa shape index (κ2) is 11.1. The normalized spacial score (nSPS) is 19.0. The van der Waals surface area contributed by atoms with Gasteiger partial charge in [0.1, 0.15) is 12.6 Å². The molecule has 3 N–H and O–H groups in total. The molecule has 2 aliphatic carbocycles. The molecule has 182 valence electrons. The maximum atomic E-state index is 12.7. The molecule has 2 aliphatic rings. The van der Waals surface area contributed by atoms with Crippen LogP contribution in [0.15, 0.2) is 48.5 Å². The van der Waals surface area contributed by atoms with E-state index >= 15 is 0 Å². The van der Waals surface area contributed by atoms with Gasteiger partial charge in [0.15, 0.2) is 0 Å². The van der Waals surface area contributed by atoms with Gasteiger partial charge in [-0.25, -0.2) is 9.59 Å². The third-order valence-electron chi connectivity index (χ3n) is 6.95. The van der Waals surface area contributed by atoms with Crippen LogP contribution in [0.5, 0.6) is 0 Å². The van der Waals surface area contributed by atoms with Gasteiger partial charge in [0.2, 0.25) is 5.91 Å². The number of carboxylic acids is 1. The number of carbonyl (C=O) groups is 3. The molecule has 3 atom stereocenters. The molecule has 1 fully saturated rings. The summed E-state index contributed by atoms with van der Waals surface area (Å²) in [6, 6.07) is 15.3. The average molecular weight is 475 g/mol. The Balaban J connectivity index is 1.30. The van der Waals surface area contributed by atoms with E-state index in [9.17, 15) is 19.5 Å². The van der Waals surface area contributed by atoms with E-state index in [1.54, 1.807) is 6.92 Å². The predicted molar refractivity (Wildman–Crippen MR) is 132 cm³/mol. The summed E-state index contributed by atoms with van der Waals surface area (Å²) in [6.07, 6.45) is 1.84. The number of benzene rings is 2. The van der Waals surface area contributed by atoms with Crippen LogP contribution >= 0.6 is 0 Å². The Morgan fingerprint density at radius 3 is 2.34 bits per heavy atom. The highest BCUT2D eigenvalue weighted by Crippen LogP contribution is 2.44. The maximum absolute atomic E-state index is 12.7. The SMILES string of the molecule is CC#CCC(NC(=O)C1CCCC1CNC(=O)OCC1c2ccccc2-c2ccccc21)C(=O)O. The van der Waals surface area contributed by atoms with E-state index in [-0.39, 0.29) is 36.7 Å². The Bertz CT molecular complexity index is 1120. The van der Waals surface area contributed by atoms with Crippen molar-refractivity contribution < 1.29 is 24.2 Å². The Labute approximate surface area is 205 Å². The van der Waals surface area contributed by atoms with Gasteiger partial charge >= 0.3 is 12.1 Å². The molecule has 0 aromatic heterocycles. The van der Waals surface area contributed by atoms with Gasteiger partial charge in [-0.2, -0.15) is 0 Å². The first-order chi connectivity index (χ1) is 17.0. The van der Waals surface area contributed by atoms with E-state index in [4.69, 9.17) is 4.74 Å². The third-order valence-corrected chi connectivity index (χ3v) is 6.95. The van der Waals surface area contributed by atoms with Gasteiger partial charge in [0.25, 0.3) is 0 Å². The van der Waals surface area contributed by atoms with E-state index in [0.29, 0.717) is 13.0 Å². The van der Waals surface area contributed by atoms with E-state index < -0.39 is 18.1 Å². The number of hydrogen-bond acceptors (Lipinski definition) is 4. The van der Waals surface area contributed by atoms with Gasteiger partial charge < -0.3 is 20.5 Å². The van der Waals surface area contributed by atoms with Crippen molar-refractivity contribution in [1.29, 1.82) is 0 Å². The predicted octanol–water partition coefficient (Wildman–Crippen LogP) is 3.92. The van der Waals surface area contributed by atoms with Gasteiger partial charge in [-0.15, -0.1) is 11.8 Å². The number of rotatable bonds is 8. The van der Waals surface area contributed by atoms with Gasteiger partial charge in [-0.05, 0) is 47.9 Å². The molecule has 0 saturated heterocycles. The van der Waals surface area contributed by atoms with Crippen LogP contribution in [0.2, 0.25) is 0 Å². The fraction of sp³-hybridized carbons (Fsp3) is 0.393. The lowest BCUT2D eigenvalue weighted by atomic mass is 9.94. The summed E-state index contributed by atoms with van der Waals surface area (Å²) in [5.74, 6) is 3.53. The number of fused-ring (bicyclic) bond motifs is 3. The van der Waals surface area contributed by atoms with Crippen molar-refractivity contribution in [2.24, 2.45) is 11.8 Å². The fourth-order valence-electron chi connectivity index (χ4n) is 5.17. The summed E-state index contributed by atoms with van der Waals surface area (Å²) < 4.78 is 5.59. The van der Waals surface area contributed by atoms with E-state index in [2.05, 4.69) is 46.7 Å². The molecule has 7 nitrogen and oxygen atoms in total. The summed E-state index contributed by atoms with van der Waals surface area (Å²) >= 11 is 0. The fourth-order valence-corrected chi connectivity index (χ4v) is 5.17. The van der Waals surface area contributed by atoms with Crippen LogP contribution in [0.3, 0.4) is 0 Å². The average Bonchev–Trinajstić information content (AvgIpc) is 3.46. The number of ether oxygens (including phenoxy) is 1. The summed E-state index contributed by atoms with van der Waals surface area (Å²) in [6.45, 7) is 2.16. The molecule has 35 heavy (non-hydrogen) atoms. The van der Waals surface area contributed by atoms with Crippen molar-refractivity contribution in [2.45, 2.75) is 44.6 Å². The summed E-state index contributed by atoms with van der Waals surface area (Å²) in [4.78, 5) is 36.7. The first kappa shape index (κ1) is 24.3. The highest BCUT2D eigenvalue weighted by molar-refractivity contribution is 5.85. The number of alkyl carbamates (subject to hydrolysis) is 1. The lowest BCUT2D eigenvalue weighted by molar-refractivity contribution is -0.142. The van der Waals surface area contributed by atoms with Crippen LogP contribution in [0.25, 0.3) is 11.1 Å². The van der Waals surface area contributed by atoms with Crippen LogP contribution in [0.4, 0.5) is 4.79 Å². The standard InChI is InChI=1S/C28H30N2O5/c1-2-3-15-25(27(32)33)30-26(31)19-14-8-9-18(19)16-29-28(34)35-17-24-22-12-6-4-10-20(22)21-11-5-7-13-23(21)24/h4-7,10-13,18-19,24-25H,8-9,14-17H2,1H3,(H,29,34)(H,30,31)(H,32,33). The Kier molecular flexibility index (Phi) is 7.71. The molecule has 0 spiro atoms. The second-order valence-electron chi connectivity index (χ2n) is 9.03. The van der Waals surface area contributed by atoms with E-state index in [1.165, 1.54) is 11.1 Å². The minimum atomic E-state index is -1.10. The quantitative estimate of drug-likeness (QED) is 0.503. The monoisotopic (exact) mass is 474 g/mol. The molecule has 2 aromatic rings. The first-order valence-corrected chi connectivity index (χ1v) is 12.0. The van der Waals surface area contributed by atoms with Gasteiger partial charge in [-0.3, -0.25) is 4.79 Å². The highest BCUT2D eigenvalue weighted by Gasteiger charge is 2.35. The van der Waals surface area contributed by atoms with Crippen molar-refractivity contribution in [2.75, 3.05) is 13.2 Å². The molecule has 2 aromatic carbocycles. The first-order valence-electron chi connectivity index (χ1n) is 12.0. The van der Waals surface area contributed by atoms with Crippen molar-refractivity contribution in [3.8, 4) is 23.0 Å². The molecular weight excluding hydrogens is 444 g/mol. The van der Waals surface area contributed by atoms with E-state index in [0.717, 1.165) is 24.0 Å². The molecule has 2 amide bonds. The molecule has 0 bridgehead atoms. The molecule has 0 aliphatic heterocycles. The zero-order valence-electron chi connectivity index (χ0n) is 19.8. The van der Waals surface area contributed by atoms with Gasteiger partial charge in [0.05, 0.1) is 0 Å². The minimum Gasteiger partial charge on any atom is -0.480 e. The molecule has 3 unspecified atom stereocenters. The Morgan fingerprint density at radius 2 is 1.71 bits per heavy atom. The van der Waals surface area contributed by atoms with Crippen LogP contribution in [0.1, 0.15) is 49.7 Å². The lowest BCUT2D eigenvalue weighted by Gasteiger charge is -2.22. The molecule has 7 heteroatoms.